The van der Waals surface area contributed by atoms with Crippen molar-refractivity contribution in [1.29, 1.82) is 0 Å². The van der Waals surface area contributed by atoms with Gasteiger partial charge in [-0.1, -0.05) is 25.3 Å². The third-order valence-electron chi connectivity index (χ3n) is 5.70. The van der Waals surface area contributed by atoms with E-state index >= 15 is 0 Å². The molecule has 0 aromatic carbocycles. The highest BCUT2D eigenvalue weighted by Gasteiger charge is 2.29. The molecular formula is C21H35N5O. The molecule has 0 bridgehead atoms. The molecule has 2 heterocycles. The van der Waals surface area contributed by atoms with Gasteiger partial charge in [-0.25, -0.2) is 0 Å². The summed E-state index contributed by atoms with van der Waals surface area (Å²) in [4.78, 5) is 11.6. The number of nitrogens with one attached hydrogen (secondary N) is 2. The Bertz CT molecular complexity index is 577. The Morgan fingerprint density at radius 3 is 2.70 bits per heavy atom. The average molecular weight is 374 g/mol. The third-order valence-corrected chi connectivity index (χ3v) is 5.70. The van der Waals surface area contributed by atoms with Crippen molar-refractivity contribution in [3.63, 3.8) is 0 Å². The summed E-state index contributed by atoms with van der Waals surface area (Å²) >= 11 is 0. The lowest BCUT2D eigenvalue weighted by Crippen LogP contribution is -2.49. The maximum absolute atomic E-state index is 10.7. The van der Waals surface area contributed by atoms with E-state index in [-0.39, 0.29) is 0 Å². The second-order valence-corrected chi connectivity index (χ2v) is 8.00. The number of hydrogen-bond donors (Lipinski definition) is 3. The molecule has 0 radical (unpaired) electrons. The highest BCUT2D eigenvalue weighted by molar-refractivity contribution is 5.80. The quantitative estimate of drug-likeness (QED) is 0.527. The van der Waals surface area contributed by atoms with E-state index in [1.54, 1.807) is 0 Å². The van der Waals surface area contributed by atoms with Crippen LogP contribution in [0.3, 0.4) is 0 Å². The lowest BCUT2D eigenvalue weighted by atomic mass is 9.85. The van der Waals surface area contributed by atoms with Gasteiger partial charge in [0.2, 0.25) is 0 Å². The van der Waals surface area contributed by atoms with Gasteiger partial charge in [-0.2, -0.15) is 0 Å². The molecule has 1 aliphatic heterocycles. The highest BCUT2D eigenvalue weighted by Crippen LogP contribution is 2.28. The summed E-state index contributed by atoms with van der Waals surface area (Å²) in [6.07, 6.45) is 9.28. The number of guanidine groups is 1. The number of likely N-dealkylation sites (tertiary alicyclic amines) is 1. The van der Waals surface area contributed by atoms with Gasteiger partial charge in [-0.05, 0) is 44.7 Å². The van der Waals surface area contributed by atoms with E-state index in [4.69, 9.17) is 4.99 Å². The first-order valence-corrected chi connectivity index (χ1v) is 10.6. The summed E-state index contributed by atoms with van der Waals surface area (Å²) in [5, 5.41) is 17.6. The highest BCUT2D eigenvalue weighted by atomic mass is 16.3. The van der Waals surface area contributed by atoms with Crippen LogP contribution in [0.1, 0.15) is 57.6 Å². The Morgan fingerprint density at radius 2 is 2.04 bits per heavy atom. The molecule has 150 valence electrons. The van der Waals surface area contributed by atoms with Crippen LogP contribution in [0, 0.1) is 0 Å². The van der Waals surface area contributed by atoms with E-state index in [2.05, 4.69) is 39.6 Å². The van der Waals surface area contributed by atoms with Crippen LogP contribution in [0.15, 0.2) is 29.4 Å². The van der Waals surface area contributed by atoms with Crippen molar-refractivity contribution in [2.75, 3.05) is 26.2 Å². The first-order valence-electron chi connectivity index (χ1n) is 10.6. The van der Waals surface area contributed by atoms with Crippen molar-refractivity contribution in [2.24, 2.45) is 4.99 Å². The van der Waals surface area contributed by atoms with E-state index in [1.165, 1.54) is 6.42 Å². The molecule has 0 amide bonds. The van der Waals surface area contributed by atoms with Crippen molar-refractivity contribution in [3.8, 4) is 0 Å². The lowest BCUT2D eigenvalue weighted by molar-refractivity contribution is 0.0131. The van der Waals surface area contributed by atoms with Crippen molar-refractivity contribution in [2.45, 2.75) is 70.1 Å². The molecule has 3 N–H and O–H groups in total. The fourth-order valence-corrected chi connectivity index (χ4v) is 4.06. The number of rotatable bonds is 6. The van der Waals surface area contributed by atoms with E-state index < -0.39 is 5.60 Å². The normalized spacial score (nSPS) is 21.8. The molecule has 0 unspecified atom stereocenters. The molecule has 1 saturated heterocycles. The minimum atomic E-state index is -0.605. The van der Waals surface area contributed by atoms with E-state index in [9.17, 15) is 5.11 Å². The van der Waals surface area contributed by atoms with Gasteiger partial charge in [0.05, 0.1) is 17.8 Å². The van der Waals surface area contributed by atoms with Crippen LogP contribution in [0.4, 0.5) is 0 Å². The van der Waals surface area contributed by atoms with Crippen LogP contribution in [0.5, 0.6) is 0 Å². The van der Waals surface area contributed by atoms with Crippen LogP contribution in [-0.4, -0.2) is 58.8 Å². The number of pyridine rings is 1. The predicted molar refractivity (Wildman–Crippen MR) is 110 cm³/mol. The number of aromatic nitrogens is 1. The Kier molecular flexibility index (Phi) is 7.47. The molecule has 3 rings (SSSR count). The monoisotopic (exact) mass is 373 g/mol. The Balaban J connectivity index is 1.46. The SMILES string of the molecule is CCNC(=NCC1(O)CCCCC1)NC1CCN(Cc2ccccn2)CC1. The number of piperidine rings is 1. The first-order chi connectivity index (χ1) is 13.2. The topological polar surface area (TPSA) is 72.8 Å². The molecule has 1 aliphatic carbocycles. The zero-order chi connectivity index (χ0) is 19.0. The van der Waals surface area contributed by atoms with Gasteiger partial charge >= 0.3 is 0 Å². The molecule has 0 atom stereocenters. The van der Waals surface area contributed by atoms with E-state index in [1.807, 2.05) is 12.3 Å². The van der Waals surface area contributed by atoms with Crippen LogP contribution in [-0.2, 0) is 6.54 Å². The number of hydrogen-bond acceptors (Lipinski definition) is 4. The Labute approximate surface area is 163 Å². The number of aliphatic hydroxyl groups is 1. The fourth-order valence-electron chi connectivity index (χ4n) is 4.06. The van der Waals surface area contributed by atoms with Crippen molar-refractivity contribution in [1.82, 2.24) is 20.5 Å². The first kappa shape index (κ1) is 20.1. The van der Waals surface area contributed by atoms with E-state index in [0.29, 0.717) is 12.6 Å². The standard InChI is InChI=1S/C21H35N5O/c1-2-22-20(24-17-21(27)11-5-3-6-12-21)25-18-9-14-26(15-10-18)16-19-8-4-7-13-23-19/h4,7-8,13,18,27H,2-3,5-6,9-12,14-17H2,1H3,(H2,22,24,25). The molecule has 1 aromatic rings. The molecule has 2 aliphatic rings. The maximum atomic E-state index is 10.7. The lowest BCUT2D eigenvalue weighted by Gasteiger charge is -2.33. The minimum absolute atomic E-state index is 0.434. The number of nitrogens with zero attached hydrogens (tertiary/aromatic N) is 3. The van der Waals surface area contributed by atoms with Gasteiger partial charge in [-0.3, -0.25) is 14.9 Å². The zero-order valence-electron chi connectivity index (χ0n) is 16.7. The predicted octanol–water partition coefficient (Wildman–Crippen LogP) is 2.30. The zero-order valence-corrected chi connectivity index (χ0v) is 16.7. The van der Waals surface area contributed by atoms with Crippen molar-refractivity contribution < 1.29 is 5.11 Å². The van der Waals surface area contributed by atoms with Gasteiger partial charge in [-0.15, -0.1) is 0 Å². The maximum Gasteiger partial charge on any atom is 0.191 e. The Hall–Kier alpha value is -1.66. The van der Waals surface area contributed by atoms with Gasteiger partial charge in [0, 0.05) is 38.4 Å². The molecule has 1 aromatic heterocycles. The molecule has 6 nitrogen and oxygen atoms in total. The molecule has 2 fully saturated rings. The van der Waals surface area contributed by atoms with Gasteiger partial charge < -0.3 is 15.7 Å². The van der Waals surface area contributed by atoms with Crippen LogP contribution in [0.25, 0.3) is 0 Å². The summed E-state index contributed by atoms with van der Waals surface area (Å²) in [7, 11) is 0. The second kappa shape index (κ2) is 10.0. The summed E-state index contributed by atoms with van der Waals surface area (Å²) in [5.74, 6) is 0.847. The summed E-state index contributed by atoms with van der Waals surface area (Å²) in [5.41, 5.74) is 0.534. The third kappa shape index (κ3) is 6.47. The van der Waals surface area contributed by atoms with Gasteiger partial charge in [0.25, 0.3) is 0 Å². The molecule has 1 saturated carbocycles. The van der Waals surface area contributed by atoms with Crippen LogP contribution >= 0.6 is 0 Å². The van der Waals surface area contributed by atoms with Crippen LogP contribution in [0.2, 0.25) is 0 Å². The van der Waals surface area contributed by atoms with Crippen molar-refractivity contribution in [3.05, 3.63) is 30.1 Å². The Morgan fingerprint density at radius 1 is 1.26 bits per heavy atom. The smallest absolute Gasteiger partial charge is 0.191 e. The minimum Gasteiger partial charge on any atom is -0.388 e. The van der Waals surface area contributed by atoms with Gasteiger partial charge in [0.15, 0.2) is 5.96 Å². The molecule has 27 heavy (non-hydrogen) atoms. The summed E-state index contributed by atoms with van der Waals surface area (Å²) in [6.45, 7) is 6.48. The van der Waals surface area contributed by atoms with Crippen LogP contribution < -0.4 is 10.6 Å². The second-order valence-electron chi connectivity index (χ2n) is 8.00. The van der Waals surface area contributed by atoms with Gasteiger partial charge in [0.1, 0.15) is 0 Å². The largest absolute Gasteiger partial charge is 0.388 e. The van der Waals surface area contributed by atoms with Crippen molar-refractivity contribution >= 4 is 5.96 Å². The molecule has 6 heteroatoms. The molecule has 0 spiro atoms. The summed E-state index contributed by atoms with van der Waals surface area (Å²) in [6, 6.07) is 6.54. The fraction of sp³-hybridized carbons (Fsp3) is 0.714. The molecular weight excluding hydrogens is 338 g/mol. The average Bonchev–Trinajstić information content (AvgIpc) is 2.69. The number of aliphatic imine (C=N–C) groups is 1. The summed E-state index contributed by atoms with van der Waals surface area (Å²) < 4.78 is 0. The van der Waals surface area contributed by atoms with E-state index in [0.717, 1.165) is 76.4 Å².